The van der Waals surface area contributed by atoms with Gasteiger partial charge in [0.15, 0.2) is 0 Å². The molecule has 0 saturated carbocycles. The third-order valence-electron chi connectivity index (χ3n) is 5.44. The third kappa shape index (κ3) is 6.39. The molecule has 4 rings (SSSR count). The van der Waals surface area contributed by atoms with Gasteiger partial charge in [0, 0.05) is 15.6 Å². The summed E-state index contributed by atoms with van der Waals surface area (Å²) in [7, 11) is 0. The molecule has 1 N–H and O–H groups in total. The van der Waals surface area contributed by atoms with Gasteiger partial charge in [-0.15, -0.1) is 0 Å². The van der Waals surface area contributed by atoms with E-state index in [1.165, 1.54) is 0 Å². The first kappa shape index (κ1) is 26.4. The van der Waals surface area contributed by atoms with Gasteiger partial charge >= 0.3 is 5.97 Å². The molecule has 3 aromatic rings. The summed E-state index contributed by atoms with van der Waals surface area (Å²) in [4.78, 5) is 30.2. The van der Waals surface area contributed by atoms with Crippen LogP contribution in [0.25, 0.3) is 6.08 Å². The molecule has 1 heterocycles. The minimum absolute atomic E-state index is 0.0807. The zero-order chi connectivity index (χ0) is 26.4. The van der Waals surface area contributed by atoms with Crippen LogP contribution in [0, 0.1) is 6.92 Å². The first-order valence-electron chi connectivity index (χ1n) is 11.5. The Labute approximate surface area is 227 Å². The third-order valence-corrected chi connectivity index (χ3v) is 6.96. The summed E-state index contributed by atoms with van der Waals surface area (Å²) in [5.41, 5.74) is 2.72. The van der Waals surface area contributed by atoms with Gasteiger partial charge in [-0.2, -0.15) is 0 Å². The van der Waals surface area contributed by atoms with Gasteiger partial charge in [-0.3, -0.25) is 4.79 Å². The first-order valence-corrected chi connectivity index (χ1v) is 13.1. The summed E-state index contributed by atoms with van der Waals surface area (Å²) in [6.07, 6.45) is 1.70. The van der Waals surface area contributed by atoms with E-state index in [0.29, 0.717) is 28.4 Å². The van der Waals surface area contributed by atoms with Crippen molar-refractivity contribution in [3.63, 3.8) is 0 Å². The maximum atomic E-state index is 12.9. The van der Waals surface area contributed by atoms with E-state index in [4.69, 9.17) is 9.47 Å². The Morgan fingerprint density at radius 3 is 2.51 bits per heavy atom. The summed E-state index contributed by atoms with van der Waals surface area (Å²) >= 11 is 4.51. The second kappa shape index (κ2) is 12.1. The van der Waals surface area contributed by atoms with Crippen molar-refractivity contribution in [3.05, 3.63) is 116 Å². The smallest absolute Gasteiger partial charge is 0.344 e. The van der Waals surface area contributed by atoms with Crippen molar-refractivity contribution in [2.75, 3.05) is 6.61 Å². The van der Waals surface area contributed by atoms with E-state index in [-0.39, 0.29) is 23.0 Å². The number of aliphatic hydroxyl groups excluding tert-OH is 1. The van der Waals surface area contributed by atoms with Gasteiger partial charge in [0.1, 0.15) is 28.7 Å². The van der Waals surface area contributed by atoms with Crippen LogP contribution in [-0.4, -0.2) is 28.6 Å². The highest BCUT2D eigenvalue weighted by Crippen LogP contribution is 2.40. The van der Waals surface area contributed by atoms with E-state index in [1.54, 1.807) is 25.1 Å². The molecule has 1 aliphatic heterocycles. The quantitative estimate of drug-likeness (QED) is 0.303. The zero-order valence-corrected chi connectivity index (χ0v) is 22.6. The van der Waals surface area contributed by atoms with Crippen molar-refractivity contribution in [2.24, 2.45) is 4.99 Å². The minimum Gasteiger partial charge on any atom is -0.506 e. The van der Waals surface area contributed by atoms with Crippen LogP contribution in [-0.2, 0) is 16.1 Å². The lowest BCUT2D eigenvalue weighted by atomic mass is 10.1. The Hall–Kier alpha value is -3.62. The maximum Gasteiger partial charge on any atom is 0.344 e. The summed E-state index contributed by atoms with van der Waals surface area (Å²) in [6.45, 7) is 3.95. The van der Waals surface area contributed by atoms with Crippen molar-refractivity contribution in [1.29, 1.82) is 0 Å². The predicted molar refractivity (Wildman–Crippen MR) is 150 cm³/mol. The number of aliphatic hydroxyl groups is 1. The Bertz CT molecular complexity index is 1430. The van der Waals surface area contributed by atoms with Gasteiger partial charge in [0.2, 0.25) is 0 Å². The Balaban J connectivity index is 1.70. The fraction of sp³-hybridized carbons (Fsp3) is 0.138. The standard InChI is InChI=1S/C29H24BrNO5S/c1-3-35-29(34)25-26(32)24(37-28(25)31-27(33)22-12-8-7-9-18(22)2)16-20-15-21(30)13-14-23(20)36-17-19-10-5-4-6-11-19/h4-16,32H,3,17H2,1-2H3/b24-16+,31-28?. The van der Waals surface area contributed by atoms with E-state index in [1.807, 2.05) is 67.6 Å². The van der Waals surface area contributed by atoms with Gasteiger partial charge in [0.05, 0.1) is 11.5 Å². The number of carbonyl (C=O) groups is 2. The lowest BCUT2D eigenvalue weighted by Gasteiger charge is -2.11. The molecule has 188 valence electrons. The minimum atomic E-state index is -0.748. The monoisotopic (exact) mass is 577 g/mol. The number of benzene rings is 3. The number of ether oxygens (including phenoxy) is 2. The average Bonchev–Trinajstić information content (AvgIpc) is 3.18. The second-order valence-electron chi connectivity index (χ2n) is 8.05. The predicted octanol–water partition coefficient (Wildman–Crippen LogP) is 7.04. The molecule has 0 atom stereocenters. The lowest BCUT2D eigenvalue weighted by Crippen LogP contribution is -2.14. The van der Waals surface area contributed by atoms with Crippen LogP contribution < -0.4 is 4.74 Å². The molecule has 1 amide bonds. The van der Waals surface area contributed by atoms with Crippen molar-refractivity contribution < 1.29 is 24.2 Å². The molecule has 8 heteroatoms. The first-order chi connectivity index (χ1) is 17.9. The van der Waals surface area contributed by atoms with Gasteiger partial charge in [-0.05, 0) is 55.3 Å². The van der Waals surface area contributed by atoms with E-state index in [2.05, 4.69) is 20.9 Å². The van der Waals surface area contributed by atoms with Crippen molar-refractivity contribution in [2.45, 2.75) is 20.5 Å². The van der Waals surface area contributed by atoms with Crippen LogP contribution in [0.15, 0.2) is 98.5 Å². The number of thioether (sulfide) groups is 1. The van der Waals surface area contributed by atoms with Crippen LogP contribution in [0.1, 0.15) is 34.0 Å². The van der Waals surface area contributed by atoms with Crippen LogP contribution in [0.2, 0.25) is 0 Å². The summed E-state index contributed by atoms with van der Waals surface area (Å²) in [5.74, 6) is -0.964. The number of carbonyl (C=O) groups excluding carboxylic acids is 2. The molecule has 6 nitrogen and oxygen atoms in total. The highest BCUT2D eigenvalue weighted by molar-refractivity contribution is 9.10. The number of nitrogens with zero attached hydrogens (tertiary/aromatic N) is 1. The zero-order valence-electron chi connectivity index (χ0n) is 20.2. The molecule has 0 spiro atoms. The van der Waals surface area contributed by atoms with Crippen LogP contribution in [0.3, 0.4) is 0 Å². The summed E-state index contributed by atoms with van der Waals surface area (Å²) in [6, 6.07) is 22.3. The van der Waals surface area contributed by atoms with Crippen LogP contribution in [0.4, 0.5) is 0 Å². The SMILES string of the molecule is CCOC(=O)C1=C(O)/C(=C\c2cc(Br)ccc2OCc2ccccc2)SC1=NC(=O)c1ccccc1C. The number of aryl methyl sites for hydroxylation is 1. The highest BCUT2D eigenvalue weighted by Gasteiger charge is 2.34. The van der Waals surface area contributed by atoms with Gasteiger partial charge in [-0.25, -0.2) is 9.79 Å². The molecule has 0 fully saturated rings. The molecule has 0 aliphatic carbocycles. The van der Waals surface area contributed by atoms with Crippen LogP contribution in [0.5, 0.6) is 5.75 Å². The number of hydrogen-bond donors (Lipinski definition) is 1. The maximum absolute atomic E-state index is 12.9. The second-order valence-corrected chi connectivity index (χ2v) is 9.99. The molecular formula is C29H24BrNO5S. The molecular weight excluding hydrogens is 554 g/mol. The highest BCUT2D eigenvalue weighted by atomic mass is 79.9. The largest absolute Gasteiger partial charge is 0.506 e. The molecule has 0 unspecified atom stereocenters. The molecule has 37 heavy (non-hydrogen) atoms. The summed E-state index contributed by atoms with van der Waals surface area (Å²) < 4.78 is 12.0. The number of esters is 1. The number of aliphatic imine (C=N–C) groups is 1. The Kier molecular flexibility index (Phi) is 8.63. The fourth-order valence-corrected chi connectivity index (χ4v) is 4.98. The average molecular weight is 578 g/mol. The molecule has 0 radical (unpaired) electrons. The fourth-order valence-electron chi connectivity index (χ4n) is 3.60. The molecule has 3 aromatic carbocycles. The van der Waals surface area contributed by atoms with Gasteiger partial charge < -0.3 is 14.6 Å². The summed E-state index contributed by atoms with van der Waals surface area (Å²) in [5, 5.41) is 11.1. The Morgan fingerprint density at radius 2 is 1.78 bits per heavy atom. The topological polar surface area (TPSA) is 85.2 Å². The van der Waals surface area contributed by atoms with Crippen molar-refractivity contribution in [1.82, 2.24) is 0 Å². The molecule has 1 aliphatic rings. The number of hydrogen-bond acceptors (Lipinski definition) is 6. The Morgan fingerprint density at radius 1 is 1.05 bits per heavy atom. The van der Waals surface area contributed by atoms with Gasteiger partial charge in [-0.1, -0.05) is 76.2 Å². The van der Waals surface area contributed by atoms with Crippen molar-refractivity contribution >= 4 is 50.7 Å². The van der Waals surface area contributed by atoms with Gasteiger partial charge in [0.25, 0.3) is 5.91 Å². The van der Waals surface area contributed by atoms with E-state index >= 15 is 0 Å². The van der Waals surface area contributed by atoms with E-state index in [0.717, 1.165) is 27.4 Å². The van der Waals surface area contributed by atoms with E-state index in [9.17, 15) is 14.7 Å². The van der Waals surface area contributed by atoms with Crippen molar-refractivity contribution in [3.8, 4) is 5.75 Å². The molecule has 0 bridgehead atoms. The lowest BCUT2D eigenvalue weighted by molar-refractivity contribution is -0.138. The number of amides is 1. The normalized spacial score (nSPS) is 15.3. The van der Waals surface area contributed by atoms with E-state index < -0.39 is 11.9 Å². The number of halogens is 1. The molecule has 0 saturated heterocycles. The molecule has 0 aromatic heterocycles. The number of rotatable bonds is 7. The van der Waals surface area contributed by atoms with Crippen LogP contribution >= 0.6 is 27.7 Å².